The zero-order chi connectivity index (χ0) is 40.3. The summed E-state index contributed by atoms with van der Waals surface area (Å²) in [5, 5.41) is 9.96. The van der Waals surface area contributed by atoms with Gasteiger partial charge in [-0.15, -0.1) is 0 Å². The van der Waals surface area contributed by atoms with Gasteiger partial charge in [-0.25, -0.2) is 0 Å². The molecule has 0 spiro atoms. The van der Waals surface area contributed by atoms with Crippen LogP contribution in [0.15, 0.2) is 60.7 Å². The van der Waals surface area contributed by atoms with Crippen molar-refractivity contribution in [2.45, 2.75) is 91.3 Å². The Bertz CT molecular complexity index is 1450. The molecule has 15 heteroatoms. The molecule has 2 fully saturated rings. The lowest BCUT2D eigenvalue weighted by atomic mass is 10.0. The summed E-state index contributed by atoms with van der Waals surface area (Å²) >= 11 is 0. The van der Waals surface area contributed by atoms with E-state index in [-0.39, 0.29) is 25.4 Å². The van der Waals surface area contributed by atoms with Crippen molar-refractivity contribution in [1.82, 2.24) is 26.2 Å². The van der Waals surface area contributed by atoms with E-state index in [4.69, 9.17) is 9.47 Å². The molecule has 2 aliphatic rings. The van der Waals surface area contributed by atoms with Gasteiger partial charge in [0.1, 0.15) is 23.7 Å². The number of ether oxygens (including phenoxy) is 3. The number of hydrogen-bond donors (Lipinski definition) is 4. The largest absolute Gasteiger partial charge is 0.379 e. The summed E-state index contributed by atoms with van der Waals surface area (Å²) < 4.78 is 40.2. The maximum Gasteiger partial charge on any atom is 0.345 e. The molecule has 13 nitrogen and oxygen atoms in total. The monoisotopic (exact) mass is 761 g/mol. The Hall–Kier alpha value is -4.31. The Kier molecular flexibility index (Phi) is 19.9. The second-order valence-corrected chi connectivity index (χ2v) is 14.1. The minimum atomic E-state index is -3.19. The Balaban J connectivity index is 0.000000788. The molecule has 54 heavy (non-hydrogen) atoms. The Morgan fingerprint density at radius 3 is 1.80 bits per heavy atom. The number of Topliss-reactive ketones (excluding diaryl/α,β-unsaturated/α-hetero) is 1. The van der Waals surface area contributed by atoms with Gasteiger partial charge < -0.3 is 35.5 Å². The third-order valence-electron chi connectivity index (χ3n) is 7.97. The Morgan fingerprint density at radius 1 is 0.778 bits per heavy atom. The summed E-state index contributed by atoms with van der Waals surface area (Å²) in [6.07, 6.45) is 0.0796. The fourth-order valence-electron chi connectivity index (χ4n) is 4.91. The highest BCUT2D eigenvalue weighted by Crippen LogP contribution is 2.28. The third-order valence-corrected chi connectivity index (χ3v) is 7.97. The zero-order valence-corrected chi connectivity index (χ0v) is 32.4. The minimum absolute atomic E-state index is 0.0796. The standard InChI is InChI=1S/C28H39F2N5O8.C7H8.C4H10/c1-17(23(37)28(3)16-43-28)31-25(39)20(13-19-7-5-4-6-8-19)34-24(38)18(2)32-26(40)21(15-42-27(29)30)33-22(36)14-35-9-11-41-12-10-35;1-7-5-3-2-4-6-7;1-4(2)3/h4-8,17-18,20-21,27H,9-16H2,1-3H3,(H,31,39)(H,32,40)(H,33,36)(H,34,38);2-6H,1H3;4H,1-3H3/t17?,18?,20-,21-,28?;;/m0../s1. The SMILES string of the molecule is CC(C)C.CC(NC(=O)[C@H](COC(F)F)NC(=O)CN1CCOCC1)C(=O)N[C@@H](Cc1ccccc1)C(=O)NC(C)C(=O)C1(C)CO1.Cc1ccccc1. The lowest BCUT2D eigenvalue weighted by Gasteiger charge is -2.27. The van der Waals surface area contributed by atoms with Crippen molar-refractivity contribution in [3.63, 3.8) is 0 Å². The molecule has 0 saturated carbocycles. The molecule has 2 heterocycles. The van der Waals surface area contributed by atoms with Crippen LogP contribution < -0.4 is 21.3 Å². The number of benzene rings is 2. The number of carbonyl (C=O) groups is 5. The number of nitrogens with one attached hydrogen (secondary N) is 4. The van der Waals surface area contributed by atoms with Gasteiger partial charge in [0.05, 0.1) is 39.0 Å². The molecule has 0 aromatic heterocycles. The lowest BCUT2D eigenvalue weighted by Crippen LogP contribution is -2.58. The summed E-state index contributed by atoms with van der Waals surface area (Å²) in [5.41, 5.74) is 1.09. The topological polar surface area (TPSA) is 168 Å². The number of rotatable bonds is 16. The highest BCUT2D eigenvalue weighted by Gasteiger charge is 2.49. The molecule has 0 radical (unpaired) electrons. The van der Waals surface area contributed by atoms with Crippen LogP contribution in [-0.4, -0.2) is 117 Å². The number of amides is 4. The summed E-state index contributed by atoms with van der Waals surface area (Å²) in [4.78, 5) is 66.1. The second kappa shape index (κ2) is 23.5. The van der Waals surface area contributed by atoms with Crippen LogP contribution in [0.4, 0.5) is 8.78 Å². The van der Waals surface area contributed by atoms with E-state index in [9.17, 15) is 32.8 Å². The third kappa shape index (κ3) is 18.1. The van der Waals surface area contributed by atoms with E-state index in [1.54, 1.807) is 42.2 Å². The summed E-state index contributed by atoms with van der Waals surface area (Å²) in [7, 11) is 0. The molecule has 2 saturated heterocycles. The molecule has 2 aliphatic heterocycles. The molecular formula is C39H57F2N5O8. The van der Waals surface area contributed by atoms with Crippen LogP contribution in [0.1, 0.15) is 52.7 Å². The fourth-order valence-corrected chi connectivity index (χ4v) is 4.91. The molecule has 0 bridgehead atoms. The van der Waals surface area contributed by atoms with Crippen LogP contribution in [0.5, 0.6) is 0 Å². The minimum Gasteiger partial charge on any atom is -0.379 e. The quantitative estimate of drug-likeness (QED) is 0.188. The van der Waals surface area contributed by atoms with Gasteiger partial charge in [0.15, 0.2) is 5.78 Å². The van der Waals surface area contributed by atoms with Crippen molar-refractivity contribution in [3.8, 4) is 0 Å². The Labute approximate surface area is 317 Å². The molecule has 300 valence electrons. The smallest absolute Gasteiger partial charge is 0.345 e. The number of ketones is 1. The van der Waals surface area contributed by atoms with Crippen molar-refractivity contribution in [1.29, 1.82) is 0 Å². The number of epoxide rings is 1. The maximum absolute atomic E-state index is 13.2. The van der Waals surface area contributed by atoms with E-state index in [0.717, 1.165) is 11.5 Å². The molecule has 3 unspecified atom stereocenters. The summed E-state index contributed by atoms with van der Waals surface area (Å²) in [6.45, 7) is 11.1. The Morgan fingerprint density at radius 2 is 1.30 bits per heavy atom. The number of carbonyl (C=O) groups excluding carboxylic acids is 5. The first-order chi connectivity index (χ1) is 25.5. The van der Waals surface area contributed by atoms with Crippen molar-refractivity contribution in [3.05, 3.63) is 71.8 Å². The second-order valence-electron chi connectivity index (χ2n) is 14.1. The van der Waals surface area contributed by atoms with E-state index >= 15 is 0 Å². The lowest BCUT2D eigenvalue weighted by molar-refractivity contribution is -0.148. The molecule has 2 aromatic carbocycles. The van der Waals surface area contributed by atoms with Crippen LogP contribution in [0.2, 0.25) is 0 Å². The molecule has 4 N–H and O–H groups in total. The number of halogens is 2. The predicted molar refractivity (Wildman–Crippen MR) is 199 cm³/mol. The van der Waals surface area contributed by atoms with Crippen molar-refractivity contribution < 1.29 is 47.0 Å². The number of alkyl halides is 2. The van der Waals surface area contributed by atoms with Crippen LogP contribution in [-0.2, 0) is 44.6 Å². The predicted octanol–water partition coefficient (Wildman–Crippen LogP) is 2.79. The number of nitrogens with zero attached hydrogens (tertiary/aromatic N) is 1. The summed E-state index contributed by atoms with van der Waals surface area (Å²) in [6, 6.07) is 14.4. The molecule has 0 aliphatic carbocycles. The van der Waals surface area contributed by atoms with E-state index in [0.29, 0.717) is 26.3 Å². The van der Waals surface area contributed by atoms with Gasteiger partial charge in [0.2, 0.25) is 23.6 Å². The molecular weight excluding hydrogens is 704 g/mol. The van der Waals surface area contributed by atoms with Gasteiger partial charge in [-0.3, -0.25) is 28.9 Å². The van der Waals surface area contributed by atoms with Gasteiger partial charge in [-0.1, -0.05) is 87.0 Å². The van der Waals surface area contributed by atoms with Crippen LogP contribution in [0.25, 0.3) is 0 Å². The molecule has 5 atom stereocenters. The van der Waals surface area contributed by atoms with Crippen molar-refractivity contribution in [2.75, 3.05) is 46.1 Å². The first-order valence-electron chi connectivity index (χ1n) is 18.1. The van der Waals surface area contributed by atoms with Crippen molar-refractivity contribution in [2.24, 2.45) is 5.92 Å². The molecule has 4 amide bonds. The highest BCUT2D eigenvalue weighted by atomic mass is 19.3. The normalized spacial score (nSPS) is 18.6. The van der Waals surface area contributed by atoms with Gasteiger partial charge >= 0.3 is 6.61 Å². The zero-order valence-electron chi connectivity index (χ0n) is 32.4. The number of hydrogen-bond acceptors (Lipinski definition) is 9. The number of morpholine rings is 1. The van der Waals surface area contributed by atoms with Gasteiger partial charge in [-0.05, 0) is 39.2 Å². The first kappa shape index (κ1) is 45.8. The van der Waals surface area contributed by atoms with E-state index in [1.165, 1.54) is 19.4 Å². The molecule has 4 rings (SSSR count). The first-order valence-corrected chi connectivity index (χ1v) is 18.1. The summed E-state index contributed by atoms with van der Waals surface area (Å²) in [5.74, 6) is -2.38. The number of aryl methyl sites for hydroxylation is 1. The van der Waals surface area contributed by atoms with Gasteiger partial charge in [-0.2, -0.15) is 8.78 Å². The van der Waals surface area contributed by atoms with Crippen LogP contribution >= 0.6 is 0 Å². The highest BCUT2D eigenvalue weighted by molar-refractivity contribution is 5.98. The van der Waals surface area contributed by atoms with Gasteiger partial charge in [0, 0.05) is 19.5 Å². The fraction of sp³-hybridized carbons (Fsp3) is 0.564. The van der Waals surface area contributed by atoms with E-state index in [1.807, 2.05) is 18.2 Å². The van der Waals surface area contributed by atoms with Gasteiger partial charge in [0.25, 0.3) is 0 Å². The maximum atomic E-state index is 13.2. The molecule has 2 aromatic rings. The van der Waals surface area contributed by atoms with E-state index < -0.39 is 66.6 Å². The average Bonchev–Trinajstić information content (AvgIpc) is 3.88. The average molecular weight is 762 g/mol. The van der Waals surface area contributed by atoms with Crippen molar-refractivity contribution >= 4 is 29.4 Å². The van der Waals surface area contributed by atoms with E-state index in [2.05, 4.69) is 65.8 Å². The van der Waals surface area contributed by atoms with Crippen LogP contribution in [0.3, 0.4) is 0 Å². The van der Waals surface area contributed by atoms with Crippen LogP contribution in [0, 0.1) is 12.8 Å².